The van der Waals surface area contributed by atoms with E-state index >= 15 is 0 Å². The Balaban J connectivity index is 2.42. The van der Waals surface area contributed by atoms with E-state index in [1.54, 1.807) is 19.1 Å². The maximum absolute atomic E-state index is 13.4. The number of rotatable bonds is 2. The topological polar surface area (TPSA) is 50.8 Å². The largest absolute Gasteiger partial charge is 0.494 e. The highest BCUT2D eigenvalue weighted by Gasteiger charge is 2.08. The van der Waals surface area contributed by atoms with Crippen molar-refractivity contribution in [2.24, 2.45) is 0 Å². The maximum atomic E-state index is 13.4. The summed E-state index contributed by atoms with van der Waals surface area (Å²) in [5.41, 5.74) is 0.623. The number of hydrogen-bond acceptors (Lipinski definition) is 3. The second kappa shape index (κ2) is 3.68. The van der Waals surface area contributed by atoms with Gasteiger partial charge in [0, 0.05) is 5.56 Å². The fourth-order valence-electron chi connectivity index (χ4n) is 1.28. The number of nitrogens with zero attached hydrogens (tertiary/aromatic N) is 2. The zero-order chi connectivity index (χ0) is 10.8. The molecule has 0 radical (unpaired) electrons. The molecule has 0 aliphatic carbocycles. The van der Waals surface area contributed by atoms with Crippen molar-refractivity contribution in [1.82, 2.24) is 15.2 Å². The van der Waals surface area contributed by atoms with Crippen molar-refractivity contribution in [3.8, 4) is 17.1 Å². The Morgan fingerprint density at radius 2 is 2.20 bits per heavy atom. The second-order valence-electron chi connectivity index (χ2n) is 3.09. The first-order valence-electron chi connectivity index (χ1n) is 4.43. The van der Waals surface area contributed by atoms with Crippen LogP contribution < -0.4 is 4.74 Å². The highest BCUT2D eigenvalue weighted by Crippen LogP contribution is 2.22. The first kappa shape index (κ1) is 9.64. The predicted molar refractivity (Wildman–Crippen MR) is 53.1 cm³/mol. The number of halogens is 1. The van der Waals surface area contributed by atoms with Crippen molar-refractivity contribution in [2.45, 2.75) is 6.92 Å². The number of aromatic nitrogens is 3. The molecule has 0 aliphatic rings. The van der Waals surface area contributed by atoms with Crippen LogP contribution in [0.4, 0.5) is 4.39 Å². The molecule has 0 fully saturated rings. The molecular formula is C10H10FN3O. The molecule has 0 unspecified atom stereocenters. The van der Waals surface area contributed by atoms with Crippen LogP contribution in [0.15, 0.2) is 18.2 Å². The second-order valence-corrected chi connectivity index (χ2v) is 3.09. The van der Waals surface area contributed by atoms with Crippen LogP contribution in [0.2, 0.25) is 0 Å². The highest BCUT2D eigenvalue weighted by atomic mass is 19.1. The Bertz CT molecular complexity index is 481. The molecule has 1 aromatic heterocycles. The van der Waals surface area contributed by atoms with E-state index in [-0.39, 0.29) is 5.75 Å². The molecule has 0 saturated carbocycles. The molecule has 0 spiro atoms. The summed E-state index contributed by atoms with van der Waals surface area (Å²) in [4.78, 5) is 4.10. The summed E-state index contributed by atoms with van der Waals surface area (Å²) in [5.74, 6) is 0.971. The van der Waals surface area contributed by atoms with E-state index in [0.29, 0.717) is 17.2 Å². The van der Waals surface area contributed by atoms with Crippen molar-refractivity contribution >= 4 is 0 Å². The van der Waals surface area contributed by atoms with Gasteiger partial charge in [-0.1, -0.05) is 0 Å². The Hall–Kier alpha value is -1.91. The van der Waals surface area contributed by atoms with Gasteiger partial charge in [-0.3, -0.25) is 5.10 Å². The van der Waals surface area contributed by atoms with Gasteiger partial charge in [-0.2, -0.15) is 5.10 Å². The minimum Gasteiger partial charge on any atom is -0.494 e. The molecular weight excluding hydrogens is 197 g/mol. The lowest BCUT2D eigenvalue weighted by molar-refractivity contribution is 0.386. The van der Waals surface area contributed by atoms with Crippen LogP contribution in [0.25, 0.3) is 11.4 Å². The molecule has 2 aromatic rings. The molecule has 1 N–H and O–H groups in total. The van der Waals surface area contributed by atoms with Gasteiger partial charge in [-0.05, 0) is 25.1 Å². The van der Waals surface area contributed by atoms with Gasteiger partial charge in [-0.15, -0.1) is 0 Å². The van der Waals surface area contributed by atoms with Gasteiger partial charge in [0.05, 0.1) is 7.11 Å². The average molecular weight is 207 g/mol. The highest BCUT2D eigenvalue weighted by molar-refractivity contribution is 5.56. The minimum atomic E-state index is -0.419. The number of H-pyrrole nitrogens is 1. The molecule has 0 saturated heterocycles. The van der Waals surface area contributed by atoms with Crippen LogP contribution in [-0.2, 0) is 0 Å². The summed E-state index contributed by atoms with van der Waals surface area (Å²) >= 11 is 0. The molecule has 0 amide bonds. The fraction of sp³-hybridized carbons (Fsp3) is 0.200. The summed E-state index contributed by atoms with van der Waals surface area (Å²) in [6, 6.07) is 4.61. The quantitative estimate of drug-likeness (QED) is 0.818. The van der Waals surface area contributed by atoms with Crippen molar-refractivity contribution in [2.75, 3.05) is 7.11 Å². The van der Waals surface area contributed by atoms with E-state index in [1.165, 1.54) is 13.2 Å². The van der Waals surface area contributed by atoms with E-state index in [0.717, 1.165) is 0 Å². The number of aromatic amines is 1. The van der Waals surface area contributed by atoms with Gasteiger partial charge < -0.3 is 4.74 Å². The van der Waals surface area contributed by atoms with Crippen LogP contribution >= 0.6 is 0 Å². The van der Waals surface area contributed by atoms with Crippen LogP contribution in [0.3, 0.4) is 0 Å². The molecule has 0 atom stereocenters. The number of aryl methyl sites for hydroxylation is 1. The van der Waals surface area contributed by atoms with E-state index in [4.69, 9.17) is 4.74 Å². The predicted octanol–water partition coefficient (Wildman–Crippen LogP) is 1.93. The Labute approximate surface area is 86.1 Å². The third kappa shape index (κ3) is 1.81. The monoisotopic (exact) mass is 207 g/mol. The first-order chi connectivity index (χ1) is 7.20. The Morgan fingerprint density at radius 1 is 1.40 bits per heavy atom. The van der Waals surface area contributed by atoms with Gasteiger partial charge in [-0.25, -0.2) is 9.37 Å². The summed E-state index contributed by atoms with van der Waals surface area (Å²) < 4.78 is 18.2. The van der Waals surface area contributed by atoms with E-state index < -0.39 is 5.82 Å². The van der Waals surface area contributed by atoms with E-state index in [1.807, 2.05) is 0 Å². The van der Waals surface area contributed by atoms with Gasteiger partial charge >= 0.3 is 0 Å². The average Bonchev–Trinajstić information content (AvgIpc) is 2.65. The molecule has 1 aromatic carbocycles. The van der Waals surface area contributed by atoms with Crippen molar-refractivity contribution < 1.29 is 9.13 Å². The lowest BCUT2D eigenvalue weighted by atomic mass is 10.2. The SMILES string of the molecule is COc1ccc(-c2n[nH]c(C)n2)cc1F. The number of ether oxygens (including phenoxy) is 1. The lowest BCUT2D eigenvalue weighted by Gasteiger charge is -2.02. The van der Waals surface area contributed by atoms with Gasteiger partial charge in [0.25, 0.3) is 0 Å². The Morgan fingerprint density at radius 3 is 2.73 bits per heavy atom. The van der Waals surface area contributed by atoms with Crippen molar-refractivity contribution in [3.63, 3.8) is 0 Å². The zero-order valence-electron chi connectivity index (χ0n) is 8.41. The normalized spacial score (nSPS) is 10.3. The molecule has 5 heteroatoms. The number of methoxy groups -OCH3 is 1. The van der Waals surface area contributed by atoms with Gasteiger partial charge in [0.2, 0.25) is 0 Å². The Kier molecular flexibility index (Phi) is 2.37. The van der Waals surface area contributed by atoms with Crippen molar-refractivity contribution in [1.29, 1.82) is 0 Å². The third-order valence-electron chi connectivity index (χ3n) is 2.01. The van der Waals surface area contributed by atoms with Gasteiger partial charge in [0.15, 0.2) is 17.4 Å². The molecule has 0 aliphatic heterocycles. The standard InChI is InChI=1S/C10H10FN3O/c1-6-12-10(14-13-6)7-3-4-9(15-2)8(11)5-7/h3-5H,1-2H3,(H,12,13,14). The number of hydrogen-bond donors (Lipinski definition) is 1. The number of nitrogens with one attached hydrogen (secondary N) is 1. The summed E-state index contributed by atoms with van der Waals surface area (Å²) in [7, 11) is 1.43. The first-order valence-corrected chi connectivity index (χ1v) is 4.43. The minimum absolute atomic E-state index is 0.214. The van der Waals surface area contributed by atoms with Crippen LogP contribution in [-0.4, -0.2) is 22.3 Å². The molecule has 1 heterocycles. The molecule has 4 nitrogen and oxygen atoms in total. The van der Waals surface area contributed by atoms with Gasteiger partial charge in [0.1, 0.15) is 5.82 Å². The maximum Gasteiger partial charge on any atom is 0.181 e. The summed E-state index contributed by atoms with van der Waals surface area (Å²) in [6.45, 7) is 1.79. The zero-order valence-corrected chi connectivity index (χ0v) is 8.41. The summed E-state index contributed by atoms with van der Waals surface area (Å²) in [6.07, 6.45) is 0. The third-order valence-corrected chi connectivity index (χ3v) is 2.01. The molecule has 0 bridgehead atoms. The van der Waals surface area contributed by atoms with Crippen LogP contribution in [0, 0.1) is 12.7 Å². The van der Waals surface area contributed by atoms with Crippen molar-refractivity contribution in [3.05, 3.63) is 29.8 Å². The fourth-order valence-corrected chi connectivity index (χ4v) is 1.28. The number of benzene rings is 1. The molecule has 78 valence electrons. The van der Waals surface area contributed by atoms with E-state index in [9.17, 15) is 4.39 Å². The van der Waals surface area contributed by atoms with Crippen LogP contribution in [0.5, 0.6) is 5.75 Å². The summed E-state index contributed by atoms with van der Waals surface area (Å²) in [5, 5.41) is 6.64. The molecule has 2 rings (SSSR count). The van der Waals surface area contributed by atoms with E-state index in [2.05, 4.69) is 15.2 Å². The smallest absolute Gasteiger partial charge is 0.181 e. The molecule has 15 heavy (non-hydrogen) atoms. The lowest BCUT2D eigenvalue weighted by Crippen LogP contribution is -1.89. The van der Waals surface area contributed by atoms with Crippen LogP contribution in [0.1, 0.15) is 5.82 Å².